The smallest absolute Gasteiger partial charge is 0.307 e. The molecule has 0 aromatic heterocycles. The van der Waals surface area contributed by atoms with Gasteiger partial charge in [-0.2, -0.15) is 0 Å². The van der Waals surface area contributed by atoms with Crippen molar-refractivity contribution in [3.63, 3.8) is 0 Å². The SMILES string of the molecule is CCCC(CSC(C)=O)C(=O)O. The van der Waals surface area contributed by atoms with Crippen LogP contribution < -0.4 is 0 Å². The van der Waals surface area contributed by atoms with Crippen LogP contribution in [0, 0.1) is 5.92 Å². The van der Waals surface area contributed by atoms with Crippen LogP contribution >= 0.6 is 11.8 Å². The van der Waals surface area contributed by atoms with Crippen molar-refractivity contribution in [1.82, 2.24) is 0 Å². The summed E-state index contributed by atoms with van der Waals surface area (Å²) in [4.78, 5) is 21.1. The van der Waals surface area contributed by atoms with Crippen LogP contribution in [0.3, 0.4) is 0 Å². The number of carbonyl (C=O) groups is 2. The van der Waals surface area contributed by atoms with Crippen LogP contribution in [0.15, 0.2) is 0 Å². The topological polar surface area (TPSA) is 54.4 Å². The van der Waals surface area contributed by atoms with Gasteiger partial charge in [0.2, 0.25) is 0 Å². The number of aliphatic carboxylic acids is 1. The second kappa shape index (κ2) is 6.06. The molecule has 0 aromatic rings. The van der Waals surface area contributed by atoms with E-state index in [-0.39, 0.29) is 11.0 Å². The number of carboxylic acid groups (broad SMARTS) is 1. The third kappa shape index (κ3) is 5.18. The molecule has 1 unspecified atom stereocenters. The monoisotopic (exact) mass is 190 g/mol. The molecule has 4 heteroatoms. The lowest BCUT2D eigenvalue weighted by molar-refractivity contribution is -0.141. The maximum absolute atomic E-state index is 10.6. The van der Waals surface area contributed by atoms with Crippen LogP contribution in [0.4, 0.5) is 0 Å². The Hall–Kier alpha value is -0.510. The highest BCUT2D eigenvalue weighted by atomic mass is 32.2. The fraction of sp³-hybridized carbons (Fsp3) is 0.750. The van der Waals surface area contributed by atoms with Crippen molar-refractivity contribution in [2.75, 3.05) is 5.75 Å². The Balaban J connectivity index is 3.79. The Morgan fingerprint density at radius 1 is 1.50 bits per heavy atom. The van der Waals surface area contributed by atoms with E-state index < -0.39 is 5.97 Å². The minimum Gasteiger partial charge on any atom is -0.481 e. The van der Waals surface area contributed by atoms with E-state index in [1.54, 1.807) is 0 Å². The molecule has 0 amide bonds. The second-order valence-corrected chi connectivity index (χ2v) is 3.82. The molecule has 0 saturated heterocycles. The molecule has 0 radical (unpaired) electrons. The molecular weight excluding hydrogens is 176 g/mol. The maximum atomic E-state index is 10.6. The van der Waals surface area contributed by atoms with Crippen LogP contribution in [0.25, 0.3) is 0 Å². The predicted octanol–water partition coefficient (Wildman–Crippen LogP) is 1.77. The summed E-state index contributed by atoms with van der Waals surface area (Å²) in [5.41, 5.74) is 0. The van der Waals surface area contributed by atoms with Crippen molar-refractivity contribution in [3.8, 4) is 0 Å². The van der Waals surface area contributed by atoms with Gasteiger partial charge in [-0.1, -0.05) is 25.1 Å². The molecule has 0 bridgehead atoms. The molecule has 1 atom stereocenters. The first-order chi connectivity index (χ1) is 5.57. The van der Waals surface area contributed by atoms with Gasteiger partial charge < -0.3 is 5.11 Å². The highest BCUT2D eigenvalue weighted by Crippen LogP contribution is 2.14. The second-order valence-electron chi connectivity index (χ2n) is 2.63. The Bertz CT molecular complexity index is 168. The number of rotatable bonds is 5. The van der Waals surface area contributed by atoms with Gasteiger partial charge in [-0.05, 0) is 6.42 Å². The molecule has 0 spiro atoms. The summed E-state index contributed by atoms with van der Waals surface area (Å²) in [6.45, 7) is 3.39. The van der Waals surface area contributed by atoms with Gasteiger partial charge in [-0.15, -0.1) is 0 Å². The molecular formula is C8H14O3S. The number of hydrogen-bond donors (Lipinski definition) is 1. The number of carboxylic acids is 1. The summed E-state index contributed by atoms with van der Waals surface area (Å²) >= 11 is 1.09. The van der Waals surface area contributed by atoms with Gasteiger partial charge >= 0.3 is 5.97 Å². The molecule has 0 aliphatic heterocycles. The lowest BCUT2D eigenvalue weighted by Crippen LogP contribution is -2.16. The molecule has 1 N–H and O–H groups in total. The summed E-state index contributed by atoms with van der Waals surface area (Å²) in [5, 5.41) is 8.68. The van der Waals surface area contributed by atoms with Crippen molar-refractivity contribution in [2.45, 2.75) is 26.7 Å². The van der Waals surface area contributed by atoms with Gasteiger partial charge in [-0.3, -0.25) is 9.59 Å². The Kier molecular flexibility index (Phi) is 5.80. The van der Waals surface area contributed by atoms with Crippen molar-refractivity contribution in [3.05, 3.63) is 0 Å². The molecule has 0 aromatic carbocycles. The normalized spacial score (nSPS) is 12.5. The first-order valence-corrected chi connectivity index (χ1v) is 4.92. The van der Waals surface area contributed by atoms with E-state index in [2.05, 4.69) is 0 Å². The van der Waals surface area contributed by atoms with Gasteiger partial charge in [0.1, 0.15) is 0 Å². The molecule has 0 aliphatic carbocycles. The highest BCUT2D eigenvalue weighted by molar-refractivity contribution is 8.13. The van der Waals surface area contributed by atoms with E-state index >= 15 is 0 Å². The van der Waals surface area contributed by atoms with Crippen LogP contribution in [-0.4, -0.2) is 21.9 Å². The summed E-state index contributed by atoms with van der Waals surface area (Å²) in [5.74, 6) is -0.770. The molecule has 70 valence electrons. The zero-order chi connectivity index (χ0) is 9.56. The molecule has 0 aliphatic rings. The first-order valence-electron chi connectivity index (χ1n) is 3.94. The highest BCUT2D eigenvalue weighted by Gasteiger charge is 2.16. The Labute approximate surface area is 76.5 Å². The van der Waals surface area contributed by atoms with E-state index in [0.29, 0.717) is 12.2 Å². The van der Waals surface area contributed by atoms with E-state index in [1.807, 2.05) is 6.92 Å². The average molecular weight is 190 g/mol. The van der Waals surface area contributed by atoms with Crippen molar-refractivity contribution < 1.29 is 14.7 Å². The fourth-order valence-electron chi connectivity index (χ4n) is 0.845. The van der Waals surface area contributed by atoms with Crippen molar-refractivity contribution >= 4 is 22.8 Å². The quantitative estimate of drug-likeness (QED) is 0.717. The molecule has 12 heavy (non-hydrogen) atoms. The molecule has 0 saturated carbocycles. The average Bonchev–Trinajstić information content (AvgIpc) is 1.96. The van der Waals surface area contributed by atoms with Crippen LogP contribution in [-0.2, 0) is 9.59 Å². The van der Waals surface area contributed by atoms with Gasteiger partial charge in [0.05, 0.1) is 5.92 Å². The lowest BCUT2D eigenvalue weighted by Gasteiger charge is -2.08. The number of carbonyl (C=O) groups excluding carboxylic acids is 1. The van der Waals surface area contributed by atoms with E-state index in [9.17, 15) is 9.59 Å². The third-order valence-electron chi connectivity index (χ3n) is 1.47. The molecule has 3 nitrogen and oxygen atoms in total. The van der Waals surface area contributed by atoms with Crippen LogP contribution in [0.1, 0.15) is 26.7 Å². The standard InChI is InChI=1S/C8H14O3S/c1-3-4-7(8(10)11)5-12-6(2)9/h7H,3-5H2,1-2H3,(H,10,11). The van der Waals surface area contributed by atoms with Gasteiger partial charge in [0.15, 0.2) is 5.12 Å². The summed E-state index contributed by atoms with van der Waals surface area (Å²) in [6.07, 6.45) is 1.49. The van der Waals surface area contributed by atoms with Crippen LogP contribution in [0.5, 0.6) is 0 Å². The van der Waals surface area contributed by atoms with Crippen molar-refractivity contribution in [2.24, 2.45) is 5.92 Å². The summed E-state index contributed by atoms with van der Waals surface area (Å²) in [7, 11) is 0. The minimum atomic E-state index is -0.800. The van der Waals surface area contributed by atoms with E-state index in [1.165, 1.54) is 6.92 Å². The molecule has 0 rings (SSSR count). The van der Waals surface area contributed by atoms with Crippen LogP contribution in [0.2, 0.25) is 0 Å². The maximum Gasteiger partial charge on any atom is 0.307 e. The first kappa shape index (κ1) is 11.5. The third-order valence-corrected chi connectivity index (χ3v) is 2.45. The van der Waals surface area contributed by atoms with Gasteiger partial charge in [0.25, 0.3) is 0 Å². The minimum absolute atomic E-state index is 0.0163. The predicted molar refractivity (Wildman–Crippen MR) is 49.2 cm³/mol. The lowest BCUT2D eigenvalue weighted by atomic mass is 10.1. The summed E-state index contributed by atoms with van der Waals surface area (Å²) < 4.78 is 0. The van der Waals surface area contributed by atoms with Gasteiger partial charge in [-0.25, -0.2) is 0 Å². The van der Waals surface area contributed by atoms with Crippen molar-refractivity contribution in [1.29, 1.82) is 0 Å². The van der Waals surface area contributed by atoms with Gasteiger partial charge in [0, 0.05) is 12.7 Å². The number of hydrogen-bond acceptors (Lipinski definition) is 3. The zero-order valence-electron chi connectivity index (χ0n) is 7.37. The molecule has 0 fully saturated rings. The van der Waals surface area contributed by atoms with E-state index in [0.717, 1.165) is 18.2 Å². The zero-order valence-corrected chi connectivity index (χ0v) is 8.19. The van der Waals surface area contributed by atoms with E-state index in [4.69, 9.17) is 5.11 Å². The molecule has 0 heterocycles. The largest absolute Gasteiger partial charge is 0.481 e. The number of thioether (sulfide) groups is 1. The summed E-state index contributed by atoms with van der Waals surface area (Å²) in [6, 6.07) is 0. The Morgan fingerprint density at radius 3 is 2.42 bits per heavy atom. The fourth-order valence-corrected chi connectivity index (χ4v) is 1.59. The Morgan fingerprint density at radius 2 is 2.08 bits per heavy atom.